The van der Waals surface area contributed by atoms with Gasteiger partial charge in [-0.05, 0) is 84.0 Å². The van der Waals surface area contributed by atoms with Gasteiger partial charge in [-0.2, -0.15) is 0 Å². The molecule has 8 heteroatoms. The number of nitro benzene ring substituents is 1. The van der Waals surface area contributed by atoms with Crippen LogP contribution in [0.25, 0.3) is 22.6 Å². The minimum Gasteiger partial charge on any atom is -0.502 e. The van der Waals surface area contributed by atoms with E-state index in [0.29, 0.717) is 34.5 Å². The Morgan fingerprint density at radius 1 is 1.10 bits per heavy atom. The van der Waals surface area contributed by atoms with Crippen LogP contribution in [0.5, 0.6) is 5.75 Å². The molecule has 39 heavy (non-hydrogen) atoms. The molecular weight excluding hydrogens is 514 g/mol. The number of benzene rings is 4. The zero-order chi connectivity index (χ0) is 27.5. The molecule has 1 atom stereocenters. The van der Waals surface area contributed by atoms with Gasteiger partial charge < -0.3 is 9.52 Å². The first kappa shape index (κ1) is 26.1. The number of aromatic nitrogens is 1. The Morgan fingerprint density at radius 3 is 2.59 bits per heavy atom. The monoisotopic (exact) mass is 539 g/mol. The fourth-order valence-electron chi connectivity index (χ4n) is 4.35. The number of hydrogen-bond donors (Lipinski definition) is 1. The first-order chi connectivity index (χ1) is 18.8. The Kier molecular flexibility index (Phi) is 7.43. The second-order valence-electron chi connectivity index (χ2n) is 9.44. The number of hydrogen-bond acceptors (Lipinski definition) is 6. The van der Waals surface area contributed by atoms with Gasteiger partial charge in [0.15, 0.2) is 5.58 Å². The maximum absolute atomic E-state index is 11.6. The van der Waals surface area contributed by atoms with Crippen molar-refractivity contribution >= 4 is 40.3 Å². The molecule has 1 unspecified atom stereocenters. The summed E-state index contributed by atoms with van der Waals surface area (Å²) in [6.07, 6.45) is 2.85. The number of rotatable bonds is 8. The Labute approximate surface area is 230 Å². The van der Waals surface area contributed by atoms with E-state index in [1.165, 1.54) is 17.8 Å². The second-order valence-corrected chi connectivity index (χ2v) is 9.85. The summed E-state index contributed by atoms with van der Waals surface area (Å²) in [5.74, 6) is 0.526. The number of phenolic OH excluding ortho intramolecular Hbond substituents is 1. The fraction of sp³-hybridized carbons (Fsp3) is 0.161. The molecule has 0 saturated heterocycles. The van der Waals surface area contributed by atoms with E-state index in [-0.39, 0.29) is 11.3 Å². The number of halogens is 1. The van der Waals surface area contributed by atoms with Crippen molar-refractivity contribution in [2.45, 2.75) is 32.6 Å². The maximum Gasteiger partial charge on any atom is 0.311 e. The van der Waals surface area contributed by atoms with Crippen LogP contribution in [-0.2, 0) is 6.42 Å². The molecule has 5 aromatic rings. The number of phenols is 1. The van der Waals surface area contributed by atoms with Gasteiger partial charge in [0.05, 0.1) is 10.6 Å². The van der Waals surface area contributed by atoms with Gasteiger partial charge in [-0.25, -0.2) is 4.98 Å². The van der Waals surface area contributed by atoms with E-state index in [1.807, 2.05) is 36.4 Å². The SMILES string of the molecule is CCC(C)c1ccc2oc(-c3ccc(N=Cc4cc(Cc5ccccc5Cl)cc([N+](=O)[O-])c4O)cc3)nc2c1. The first-order valence-electron chi connectivity index (χ1n) is 12.6. The molecular formula is C31H26ClN3O4. The fourth-order valence-corrected chi connectivity index (χ4v) is 4.55. The summed E-state index contributed by atoms with van der Waals surface area (Å²) in [5.41, 5.74) is 5.50. The number of nitro groups is 1. The standard InChI is InChI=1S/C31H26ClN3O4/c1-3-19(2)22-10-13-29-27(17-22)34-31(39-29)21-8-11-25(12-9-21)33-18-24-15-20(16-28(30(24)36)35(37)38)14-23-6-4-5-7-26(23)32/h4-13,15-19,36H,3,14H2,1-2H3. The van der Waals surface area contributed by atoms with Crippen molar-refractivity contribution in [3.05, 3.63) is 116 Å². The van der Waals surface area contributed by atoms with Crippen molar-refractivity contribution < 1.29 is 14.4 Å². The van der Waals surface area contributed by atoms with Gasteiger partial charge in [-0.1, -0.05) is 49.7 Å². The van der Waals surface area contributed by atoms with Crippen LogP contribution < -0.4 is 0 Å². The minimum absolute atomic E-state index is 0.242. The van der Waals surface area contributed by atoms with Gasteiger partial charge in [-0.15, -0.1) is 0 Å². The lowest BCUT2D eigenvalue weighted by Crippen LogP contribution is -1.97. The van der Waals surface area contributed by atoms with Gasteiger partial charge in [0.2, 0.25) is 11.6 Å². The quantitative estimate of drug-likeness (QED) is 0.121. The Bertz CT molecular complexity index is 1690. The van der Waals surface area contributed by atoms with Crippen molar-refractivity contribution in [2.75, 3.05) is 0 Å². The molecule has 0 saturated carbocycles. The summed E-state index contributed by atoms with van der Waals surface area (Å²) in [6.45, 7) is 4.35. The third-order valence-electron chi connectivity index (χ3n) is 6.79. The molecule has 0 spiro atoms. The average molecular weight is 540 g/mol. The summed E-state index contributed by atoms with van der Waals surface area (Å²) >= 11 is 6.27. The Hall–Kier alpha value is -4.49. The maximum atomic E-state index is 11.6. The highest BCUT2D eigenvalue weighted by molar-refractivity contribution is 6.31. The van der Waals surface area contributed by atoms with Crippen molar-refractivity contribution in [2.24, 2.45) is 4.99 Å². The minimum atomic E-state index is -0.607. The molecule has 0 radical (unpaired) electrons. The molecule has 0 bridgehead atoms. The van der Waals surface area contributed by atoms with Gasteiger partial charge in [-0.3, -0.25) is 15.1 Å². The van der Waals surface area contributed by atoms with Gasteiger partial charge in [0.25, 0.3) is 0 Å². The molecule has 1 heterocycles. The van der Waals surface area contributed by atoms with E-state index < -0.39 is 10.7 Å². The number of aromatic hydroxyl groups is 1. The molecule has 5 rings (SSSR count). The smallest absolute Gasteiger partial charge is 0.311 e. The highest BCUT2D eigenvalue weighted by Gasteiger charge is 2.19. The summed E-state index contributed by atoms with van der Waals surface area (Å²) in [7, 11) is 0. The predicted octanol–water partition coefficient (Wildman–Crippen LogP) is 8.62. The van der Waals surface area contributed by atoms with Crippen molar-refractivity contribution in [3.63, 3.8) is 0 Å². The molecule has 1 aromatic heterocycles. The average Bonchev–Trinajstić information content (AvgIpc) is 3.37. The van der Waals surface area contributed by atoms with Crippen LogP contribution in [0.2, 0.25) is 5.02 Å². The van der Waals surface area contributed by atoms with Crippen LogP contribution in [-0.4, -0.2) is 21.2 Å². The molecule has 0 aliphatic rings. The van der Waals surface area contributed by atoms with Gasteiger partial charge >= 0.3 is 5.69 Å². The Morgan fingerprint density at radius 2 is 1.87 bits per heavy atom. The van der Waals surface area contributed by atoms with E-state index >= 15 is 0 Å². The normalized spacial score (nSPS) is 12.3. The summed E-state index contributed by atoms with van der Waals surface area (Å²) < 4.78 is 5.96. The van der Waals surface area contributed by atoms with Crippen LogP contribution in [0.4, 0.5) is 11.4 Å². The molecule has 0 amide bonds. The zero-order valence-corrected chi connectivity index (χ0v) is 22.2. The Balaban J connectivity index is 1.40. The summed E-state index contributed by atoms with van der Waals surface area (Å²) in [4.78, 5) is 20.1. The lowest BCUT2D eigenvalue weighted by atomic mass is 9.98. The van der Waals surface area contributed by atoms with Gasteiger partial charge in [0.1, 0.15) is 5.52 Å². The molecule has 1 N–H and O–H groups in total. The van der Waals surface area contributed by atoms with E-state index in [1.54, 1.807) is 24.3 Å². The van der Waals surface area contributed by atoms with Crippen molar-refractivity contribution in [3.8, 4) is 17.2 Å². The topological polar surface area (TPSA) is 102 Å². The van der Waals surface area contributed by atoms with Crippen LogP contribution in [0, 0.1) is 10.1 Å². The molecule has 196 valence electrons. The lowest BCUT2D eigenvalue weighted by molar-refractivity contribution is -0.385. The summed E-state index contributed by atoms with van der Waals surface area (Å²) in [5, 5.41) is 22.7. The molecule has 7 nitrogen and oxygen atoms in total. The van der Waals surface area contributed by atoms with E-state index in [0.717, 1.165) is 28.6 Å². The van der Waals surface area contributed by atoms with E-state index in [4.69, 9.17) is 16.0 Å². The van der Waals surface area contributed by atoms with Crippen molar-refractivity contribution in [1.82, 2.24) is 4.98 Å². The molecule has 4 aromatic carbocycles. The van der Waals surface area contributed by atoms with Gasteiger partial charge in [0, 0.05) is 28.4 Å². The van der Waals surface area contributed by atoms with Crippen LogP contribution >= 0.6 is 11.6 Å². The molecule has 0 aliphatic heterocycles. The predicted molar refractivity (Wildman–Crippen MR) is 154 cm³/mol. The van der Waals surface area contributed by atoms with Crippen LogP contribution in [0.1, 0.15) is 48.4 Å². The first-order valence-corrected chi connectivity index (χ1v) is 13.0. The third-order valence-corrected chi connectivity index (χ3v) is 7.16. The molecule has 0 fully saturated rings. The van der Waals surface area contributed by atoms with Crippen molar-refractivity contribution in [1.29, 1.82) is 0 Å². The second kappa shape index (κ2) is 11.1. The number of oxazole rings is 1. The third kappa shape index (κ3) is 5.68. The van der Waals surface area contributed by atoms with Crippen LogP contribution in [0.3, 0.4) is 0 Å². The largest absolute Gasteiger partial charge is 0.502 e. The number of fused-ring (bicyclic) bond motifs is 1. The highest BCUT2D eigenvalue weighted by Crippen LogP contribution is 2.33. The summed E-state index contributed by atoms with van der Waals surface area (Å²) in [6, 6.07) is 23.7. The van der Waals surface area contributed by atoms with Crippen LogP contribution in [0.15, 0.2) is 88.3 Å². The highest BCUT2D eigenvalue weighted by atomic mass is 35.5. The zero-order valence-electron chi connectivity index (χ0n) is 21.5. The number of aliphatic imine (C=N–C) groups is 1. The lowest BCUT2D eigenvalue weighted by Gasteiger charge is -2.08. The number of nitrogens with zero attached hydrogens (tertiary/aromatic N) is 3. The molecule has 0 aliphatic carbocycles. The van der Waals surface area contributed by atoms with E-state index in [2.05, 4.69) is 36.0 Å². The van der Waals surface area contributed by atoms with E-state index in [9.17, 15) is 15.2 Å².